The van der Waals surface area contributed by atoms with Gasteiger partial charge in [-0.1, -0.05) is 152 Å². The van der Waals surface area contributed by atoms with E-state index < -0.39 is 6.23 Å². The Balaban J connectivity index is 1.32. The molecule has 1 amide bonds. The van der Waals surface area contributed by atoms with E-state index in [-0.39, 0.29) is 5.91 Å². The van der Waals surface area contributed by atoms with Crippen LogP contribution in [0.15, 0.2) is 170 Å². The van der Waals surface area contributed by atoms with E-state index in [0.717, 1.165) is 60.9 Å². The monoisotopic (exact) mass is 618 g/mol. The normalized spacial score (nSPS) is 14.1. The van der Waals surface area contributed by atoms with Crippen LogP contribution in [0.4, 0.5) is 5.69 Å². The van der Waals surface area contributed by atoms with Crippen LogP contribution in [-0.2, 0) is 0 Å². The van der Waals surface area contributed by atoms with Gasteiger partial charge in [-0.3, -0.25) is 9.69 Å². The summed E-state index contributed by atoms with van der Waals surface area (Å²) in [5.41, 5.74) is 10.9. The van der Waals surface area contributed by atoms with Crippen molar-refractivity contribution >= 4 is 33.4 Å². The SMILES string of the molecule is O=C1c2c(cccc2-n2c3c(-c4ccccc4)cccc3c3cccc(-c4ccccc4)c32)C(O)N1c1cccc(-c2ccccc2)c1. The Hall–Kier alpha value is -6.23. The number of benzene rings is 7. The van der Waals surface area contributed by atoms with Gasteiger partial charge in [-0.25, -0.2) is 0 Å². The third-order valence-electron chi connectivity index (χ3n) is 9.48. The van der Waals surface area contributed by atoms with Crippen LogP contribution >= 0.6 is 0 Å². The van der Waals surface area contributed by atoms with E-state index >= 15 is 0 Å². The maximum atomic E-state index is 14.7. The summed E-state index contributed by atoms with van der Waals surface area (Å²) in [4.78, 5) is 16.2. The third-order valence-corrected chi connectivity index (χ3v) is 9.48. The second kappa shape index (κ2) is 11.2. The van der Waals surface area contributed by atoms with Gasteiger partial charge >= 0.3 is 0 Å². The number of hydrogen-bond donors (Lipinski definition) is 1. The van der Waals surface area contributed by atoms with Crippen molar-refractivity contribution in [3.63, 3.8) is 0 Å². The standard InChI is InChI=1S/C44H30N2O2/c47-43-38-26-13-27-39(40(38)44(48)45(43)33-21-10-20-32(28-33)29-14-4-1-5-15-29)46-41-34(30-16-6-2-7-17-30)22-11-24-36(41)37-25-12-23-35(42(37)46)31-18-8-3-9-19-31/h1-28,43,47H. The lowest BCUT2D eigenvalue weighted by Crippen LogP contribution is -2.27. The average molecular weight is 619 g/mol. The van der Waals surface area contributed by atoms with Gasteiger partial charge in [-0.2, -0.15) is 0 Å². The molecule has 1 aliphatic rings. The van der Waals surface area contributed by atoms with Crippen molar-refractivity contribution in [3.8, 4) is 39.1 Å². The maximum Gasteiger partial charge on any atom is 0.263 e. The number of aliphatic hydroxyl groups is 1. The van der Waals surface area contributed by atoms with Crippen LogP contribution in [0.5, 0.6) is 0 Å². The molecule has 0 aliphatic carbocycles. The largest absolute Gasteiger partial charge is 0.369 e. The highest BCUT2D eigenvalue weighted by Crippen LogP contribution is 2.45. The zero-order valence-corrected chi connectivity index (χ0v) is 26.0. The molecular formula is C44H30N2O2. The quantitative estimate of drug-likeness (QED) is 0.209. The van der Waals surface area contributed by atoms with Crippen LogP contribution in [0.2, 0.25) is 0 Å². The van der Waals surface area contributed by atoms with Crippen molar-refractivity contribution in [1.29, 1.82) is 0 Å². The number of hydrogen-bond acceptors (Lipinski definition) is 2. The Bertz CT molecular complexity index is 2390. The average Bonchev–Trinajstić information content (AvgIpc) is 3.63. The second-order valence-electron chi connectivity index (χ2n) is 12.2. The van der Waals surface area contributed by atoms with Gasteiger partial charge < -0.3 is 9.67 Å². The number of para-hydroxylation sites is 2. The van der Waals surface area contributed by atoms with Gasteiger partial charge in [0.05, 0.1) is 22.3 Å². The fourth-order valence-corrected chi connectivity index (χ4v) is 7.34. The van der Waals surface area contributed by atoms with Gasteiger partial charge in [0.2, 0.25) is 0 Å². The van der Waals surface area contributed by atoms with E-state index in [4.69, 9.17) is 0 Å². The number of rotatable bonds is 5. The molecule has 8 aromatic rings. The Morgan fingerprint density at radius 1 is 0.479 bits per heavy atom. The molecule has 4 heteroatoms. The van der Waals surface area contributed by atoms with Crippen molar-refractivity contribution in [1.82, 2.24) is 4.57 Å². The Morgan fingerprint density at radius 3 is 1.56 bits per heavy atom. The first-order valence-corrected chi connectivity index (χ1v) is 16.2. The third kappa shape index (κ3) is 4.31. The molecule has 1 aromatic heterocycles. The molecule has 0 spiro atoms. The first kappa shape index (κ1) is 28.0. The summed E-state index contributed by atoms with van der Waals surface area (Å²) < 4.78 is 2.25. The number of carbonyl (C=O) groups is 1. The number of anilines is 1. The predicted molar refractivity (Wildman–Crippen MR) is 195 cm³/mol. The van der Waals surface area contributed by atoms with E-state index in [9.17, 15) is 9.90 Å². The van der Waals surface area contributed by atoms with E-state index in [1.165, 1.54) is 4.90 Å². The lowest BCUT2D eigenvalue weighted by Gasteiger charge is -2.21. The minimum absolute atomic E-state index is 0.234. The summed E-state index contributed by atoms with van der Waals surface area (Å²) in [6.07, 6.45) is -1.13. The number of carbonyl (C=O) groups excluding carboxylic acids is 1. The molecule has 228 valence electrons. The highest BCUT2D eigenvalue weighted by molar-refractivity contribution is 6.19. The number of nitrogens with zero attached hydrogens (tertiary/aromatic N) is 2. The number of aliphatic hydroxyl groups excluding tert-OH is 1. The van der Waals surface area contributed by atoms with Gasteiger partial charge in [0, 0.05) is 33.2 Å². The molecule has 4 nitrogen and oxygen atoms in total. The molecular weight excluding hydrogens is 588 g/mol. The van der Waals surface area contributed by atoms with Crippen LogP contribution in [0.25, 0.3) is 60.9 Å². The molecule has 1 N–H and O–H groups in total. The van der Waals surface area contributed by atoms with Crippen LogP contribution in [0, 0.1) is 0 Å². The molecule has 9 rings (SSSR count). The van der Waals surface area contributed by atoms with E-state index in [0.29, 0.717) is 16.8 Å². The zero-order valence-electron chi connectivity index (χ0n) is 26.0. The fraction of sp³-hybridized carbons (Fsp3) is 0.0227. The van der Waals surface area contributed by atoms with Crippen molar-refractivity contribution < 1.29 is 9.90 Å². The molecule has 0 saturated heterocycles. The highest BCUT2D eigenvalue weighted by atomic mass is 16.3. The zero-order chi connectivity index (χ0) is 32.2. The second-order valence-corrected chi connectivity index (χ2v) is 12.2. The van der Waals surface area contributed by atoms with Crippen molar-refractivity contribution in [2.75, 3.05) is 4.90 Å². The maximum absolute atomic E-state index is 14.7. The van der Waals surface area contributed by atoms with Crippen LogP contribution in [0.1, 0.15) is 22.1 Å². The number of aromatic nitrogens is 1. The number of amides is 1. The van der Waals surface area contributed by atoms with Crippen LogP contribution in [0.3, 0.4) is 0 Å². The molecule has 48 heavy (non-hydrogen) atoms. The van der Waals surface area contributed by atoms with Crippen LogP contribution < -0.4 is 4.90 Å². The molecule has 7 aromatic carbocycles. The Morgan fingerprint density at radius 2 is 0.979 bits per heavy atom. The molecule has 2 heterocycles. The van der Waals surface area contributed by atoms with E-state index in [2.05, 4.69) is 89.5 Å². The van der Waals surface area contributed by atoms with Crippen molar-refractivity contribution in [2.24, 2.45) is 0 Å². The smallest absolute Gasteiger partial charge is 0.263 e. The lowest BCUT2D eigenvalue weighted by atomic mass is 10.0. The van der Waals surface area contributed by atoms with Gasteiger partial charge in [0.15, 0.2) is 6.23 Å². The summed E-state index contributed by atoms with van der Waals surface area (Å²) in [7, 11) is 0. The summed E-state index contributed by atoms with van der Waals surface area (Å²) in [6, 6.07) is 57.3. The fourth-order valence-electron chi connectivity index (χ4n) is 7.34. The molecule has 0 radical (unpaired) electrons. The van der Waals surface area contributed by atoms with Gasteiger partial charge in [-0.05, 0) is 40.5 Å². The summed E-state index contributed by atoms with van der Waals surface area (Å²) in [5, 5.41) is 14.0. The molecule has 1 unspecified atom stereocenters. The summed E-state index contributed by atoms with van der Waals surface area (Å²) in [5.74, 6) is -0.234. The first-order valence-electron chi connectivity index (χ1n) is 16.2. The van der Waals surface area contributed by atoms with Gasteiger partial charge in [-0.15, -0.1) is 0 Å². The molecule has 1 aliphatic heterocycles. The minimum atomic E-state index is -1.13. The Labute approximate surface area is 278 Å². The van der Waals surface area contributed by atoms with E-state index in [1.807, 2.05) is 84.9 Å². The molecule has 1 atom stereocenters. The molecule has 0 fully saturated rings. The topological polar surface area (TPSA) is 45.5 Å². The summed E-state index contributed by atoms with van der Waals surface area (Å²) in [6.45, 7) is 0. The highest BCUT2D eigenvalue weighted by Gasteiger charge is 2.39. The van der Waals surface area contributed by atoms with Crippen molar-refractivity contribution in [2.45, 2.75) is 6.23 Å². The summed E-state index contributed by atoms with van der Waals surface area (Å²) >= 11 is 0. The van der Waals surface area contributed by atoms with E-state index in [1.54, 1.807) is 0 Å². The first-order chi connectivity index (χ1) is 23.7. The Kier molecular flexibility index (Phi) is 6.56. The predicted octanol–water partition coefficient (Wildman–Crippen LogP) is 10.4. The number of fused-ring (bicyclic) bond motifs is 4. The van der Waals surface area contributed by atoms with Crippen molar-refractivity contribution in [3.05, 3.63) is 181 Å². The van der Waals surface area contributed by atoms with Gasteiger partial charge in [0.25, 0.3) is 5.91 Å². The molecule has 0 bridgehead atoms. The van der Waals surface area contributed by atoms with Gasteiger partial charge in [0.1, 0.15) is 0 Å². The minimum Gasteiger partial charge on any atom is -0.369 e. The lowest BCUT2D eigenvalue weighted by molar-refractivity contribution is 0.0935. The molecule has 0 saturated carbocycles. The van der Waals surface area contributed by atoms with Crippen LogP contribution in [-0.4, -0.2) is 15.6 Å².